The van der Waals surface area contributed by atoms with Crippen LogP contribution in [0.4, 0.5) is 0 Å². The maximum atomic E-state index is 13.0. The Morgan fingerprint density at radius 2 is 1.80 bits per heavy atom. The molecule has 0 aliphatic heterocycles. The summed E-state index contributed by atoms with van der Waals surface area (Å²) in [6.07, 6.45) is 5.74. The summed E-state index contributed by atoms with van der Waals surface area (Å²) in [5.41, 5.74) is 3.47. The predicted molar refractivity (Wildman–Crippen MR) is 164 cm³/mol. The van der Waals surface area contributed by atoms with Crippen LogP contribution >= 0.6 is 11.6 Å². The van der Waals surface area contributed by atoms with E-state index in [1.54, 1.807) is 29.2 Å². The van der Waals surface area contributed by atoms with Gasteiger partial charge in [0.25, 0.3) is 0 Å². The van der Waals surface area contributed by atoms with Crippen molar-refractivity contribution in [2.24, 2.45) is 4.99 Å². The first-order valence-electron chi connectivity index (χ1n) is 13.5. The number of nitrogens with zero attached hydrogens (tertiary/aromatic N) is 6. The molecule has 0 atom stereocenters. The fourth-order valence-corrected chi connectivity index (χ4v) is 3.94. The van der Waals surface area contributed by atoms with Gasteiger partial charge in [0.15, 0.2) is 6.29 Å². The Morgan fingerprint density at radius 1 is 1.10 bits per heavy atom. The lowest BCUT2D eigenvalue weighted by atomic mass is 10.0. The minimum atomic E-state index is -1.33. The summed E-state index contributed by atoms with van der Waals surface area (Å²) in [6, 6.07) is 7.39. The highest BCUT2D eigenvalue weighted by Crippen LogP contribution is 2.26. The number of aliphatic hydroxyl groups is 2. The van der Waals surface area contributed by atoms with E-state index in [0.29, 0.717) is 74.1 Å². The van der Waals surface area contributed by atoms with Gasteiger partial charge in [0.2, 0.25) is 5.91 Å². The second-order valence-corrected chi connectivity index (χ2v) is 10.2. The predicted octanol–water partition coefficient (Wildman–Crippen LogP) is 4.19. The largest absolute Gasteiger partial charge is 0.368 e. The number of aromatic nitrogens is 2. The number of amides is 1. The maximum absolute atomic E-state index is 13.0. The molecule has 0 unspecified atom stereocenters. The summed E-state index contributed by atoms with van der Waals surface area (Å²) in [4.78, 5) is 33.1. The maximum Gasteiger partial charge on any atom is 0.246 e. The van der Waals surface area contributed by atoms with Crippen molar-refractivity contribution in [3.8, 4) is 11.3 Å². The van der Waals surface area contributed by atoms with Gasteiger partial charge in [-0.15, -0.1) is 0 Å². The van der Waals surface area contributed by atoms with Crippen LogP contribution in [0.15, 0.2) is 41.9 Å². The van der Waals surface area contributed by atoms with Gasteiger partial charge in [-0.1, -0.05) is 30.3 Å². The average Bonchev–Trinajstić information content (AvgIpc) is 2.93. The van der Waals surface area contributed by atoms with Crippen molar-refractivity contribution in [2.45, 2.75) is 45.8 Å². The van der Waals surface area contributed by atoms with Crippen LogP contribution in [-0.2, 0) is 11.2 Å². The van der Waals surface area contributed by atoms with E-state index in [9.17, 15) is 15.0 Å². The fraction of sp³-hybridized carbons (Fsp3) is 0.467. The molecule has 1 heterocycles. The molecule has 0 aliphatic carbocycles. The standard InChI is InChI=1S/C30H43ClN6O3/c1-7-25-26(17-18-28(38)37(8-2)20-19-36(6)21-32-22(3)35(4)5)33-27(11-9-10-12-29(39)40)30(34-25)23-13-15-24(31)16-14-23/h7,13-18,29,39-40H,1,8-12,19-21H2,2-6H3/b18-17+,32-22?. The number of likely N-dealkylation sites (N-methyl/N-ethyl adjacent to an activating group) is 2. The van der Waals surface area contributed by atoms with Crippen LogP contribution in [0.5, 0.6) is 0 Å². The first-order valence-corrected chi connectivity index (χ1v) is 13.9. The average molecular weight is 571 g/mol. The molecule has 9 nitrogen and oxygen atoms in total. The number of amidine groups is 1. The van der Waals surface area contributed by atoms with E-state index in [0.717, 1.165) is 17.1 Å². The molecule has 0 saturated carbocycles. The van der Waals surface area contributed by atoms with Gasteiger partial charge in [-0.3, -0.25) is 14.7 Å². The summed E-state index contributed by atoms with van der Waals surface area (Å²) in [7, 11) is 5.90. The van der Waals surface area contributed by atoms with Crippen LogP contribution in [0, 0.1) is 0 Å². The highest BCUT2D eigenvalue weighted by molar-refractivity contribution is 6.30. The Kier molecular flexibility index (Phi) is 14.0. The molecule has 0 aliphatic rings. The molecule has 0 bridgehead atoms. The van der Waals surface area contributed by atoms with Gasteiger partial charge in [-0.05, 0) is 70.9 Å². The third-order valence-electron chi connectivity index (χ3n) is 6.48. The molecule has 1 aromatic heterocycles. The molecule has 0 spiro atoms. The summed E-state index contributed by atoms with van der Waals surface area (Å²) in [5.74, 6) is 0.839. The van der Waals surface area contributed by atoms with Gasteiger partial charge >= 0.3 is 0 Å². The summed E-state index contributed by atoms with van der Waals surface area (Å²) >= 11 is 6.09. The van der Waals surface area contributed by atoms with Gasteiger partial charge in [-0.2, -0.15) is 0 Å². The van der Waals surface area contributed by atoms with Crippen molar-refractivity contribution in [1.82, 2.24) is 24.7 Å². The number of hydrogen-bond donors (Lipinski definition) is 2. The minimum Gasteiger partial charge on any atom is -0.368 e. The Bertz CT molecular complexity index is 1160. The molecule has 218 valence electrons. The Labute approximate surface area is 243 Å². The molecule has 2 aromatic rings. The third kappa shape index (κ3) is 10.8. The topological polar surface area (TPSA) is 105 Å². The summed E-state index contributed by atoms with van der Waals surface area (Å²) in [5, 5.41) is 19.0. The summed E-state index contributed by atoms with van der Waals surface area (Å²) < 4.78 is 0. The highest BCUT2D eigenvalue weighted by Gasteiger charge is 2.15. The second kappa shape index (κ2) is 16.9. The van der Waals surface area contributed by atoms with Crippen molar-refractivity contribution in [2.75, 3.05) is 47.4 Å². The van der Waals surface area contributed by atoms with E-state index >= 15 is 0 Å². The lowest BCUT2D eigenvalue weighted by Gasteiger charge is -2.23. The SMILES string of the molecule is C=Cc1nc(-c2ccc(Cl)cc2)c(CCCCC(O)O)nc1/C=C/C(=O)N(CC)CCN(C)CN=C(C)N(C)C. The number of unbranched alkanes of at least 4 members (excludes halogenated alkanes) is 1. The summed E-state index contributed by atoms with van der Waals surface area (Å²) in [6.45, 7) is 10.2. The van der Waals surface area contributed by atoms with E-state index in [1.165, 1.54) is 6.08 Å². The number of benzene rings is 1. The molecule has 1 aromatic carbocycles. The monoisotopic (exact) mass is 570 g/mol. The van der Waals surface area contributed by atoms with E-state index in [-0.39, 0.29) is 5.91 Å². The number of carbonyl (C=O) groups is 1. The Balaban J connectivity index is 2.23. The second-order valence-electron chi connectivity index (χ2n) is 9.80. The minimum absolute atomic E-state index is 0.110. The van der Waals surface area contributed by atoms with Crippen molar-refractivity contribution in [1.29, 1.82) is 0 Å². The lowest BCUT2D eigenvalue weighted by molar-refractivity contribution is -0.125. The molecule has 1 amide bonds. The molecule has 0 radical (unpaired) electrons. The van der Waals surface area contributed by atoms with Crippen molar-refractivity contribution < 1.29 is 15.0 Å². The molecule has 2 rings (SSSR count). The molecule has 0 saturated heterocycles. The number of aliphatic imine (C=N–C) groups is 1. The van der Waals surface area contributed by atoms with E-state index in [1.807, 2.05) is 52.0 Å². The van der Waals surface area contributed by atoms with E-state index in [2.05, 4.69) is 16.5 Å². The van der Waals surface area contributed by atoms with Gasteiger partial charge in [0, 0.05) is 50.4 Å². The zero-order chi connectivity index (χ0) is 29.7. The van der Waals surface area contributed by atoms with Crippen LogP contribution < -0.4 is 0 Å². The van der Waals surface area contributed by atoms with Gasteiger partial charge in [0.1, 0.15) is 0 Å². The number of carbonyl (C=O) groups excluding carboxylic acids is 1. The fourth-order valence-electron chi connectivity index (χ4n) is 3.81. The number of halogens is 1. The third-order valence-corrected chi connectivity index (χ3v) is 6.73. The van der Waals surface area contributed by atoms with Crippen molar-refractivity contribution in [3.63, 3.8) is 0 Å². The van der Waals surface area contributed by atoms with Gasteiger partial charge in [0.05, 0.1) is 35.3 Å². The number of aliphatic hydroxyl groups excluding tert-OH is 1. The van der Waals surface area contributed by atoms with Crippen LogP contribution in [0.1, 0.15) is 50.2 Å². The van der Waals surface area contributed by atoms with Crippen molar-refractivity contribution >= 4 is 35.5 Å². The normalized spacial score (nSPS) is 12.0. The highest BCUT2D eigenvalue weighted by atomic mass is 35.5. The quantitative estimate of drug-likeness (QED) is 0.109. The molecular formula is C30H43ClN6O3. The Morgan fingerprint density at radius 3 is 2.40 bits per heavy atom. The van der Waals surface area contributed by atoms with Crippen LogP contribution in [0.25, 0.3) is 23.4 Å². The number of aryl methyl sites for hydroxylation is 1. The van der Waals surface area contributed by atoms with Gasteiger partial charge < -0.3 is 20.0 Å². The molecule has 10 heteroatoms. The Hall–Kier alpha value is -3.11. The smallest absolute Gasteiger partial charge is 0.246 e. The zero-order valence-corrected chi connectivity index (χ0v) is 25.1. The number of hydrogen-bond acceptors (Lipinski definition) is 7. The van der Waals surface area contributed by atoms with Crippen molar-refractivity contribution in [3.05, 3.63) is 59.0 Å². The molecule has 0 fully saturated rings. The molecule has 40 heavy (non-hydrogen) atoms. The lowest BCUT2D eigenvalue weighted by Crippen LogP contribution is -2.37. The first kappa shape index (κ1) is 33.1. The molecular weight excluding hydrogens is 528 g/mol. The number of rotatable bonds is 15. The van der Waals surface area contributed by atoms with Crippen LogP contribution in [0.2, 0.25) is 5.02 Å². The first-order chi connectivity index (χ1) is 19.0. The zero-order valence-electron chi connectivity index (χ0n) is 24.3. The van der Waals surface area contributed by atoms with Gasteiger partial charge in [-0.25, -0.2) is 9.97 Å². The van der Waals surface area contributed by atoms with E-state index < -0.39 is 6.29 Å². The van der Waals surface area contributed by atoms with Crippen LogP contribution in [-0.4, -0.2) is 100 Å². The molecule has 2 N–H and O–H groups in total. The van der Waals surface area contributed by atoms with Crippen LogP contribution in [0.3, 0.4) is 0 Å². The van der Waals surface area contributed by atoms with E-state index in [4.69, 9.17) is 21.6 Å².